The molecule has 3 atom stereocenters. The molecule has 1 N–H and O–H groups in total. The fourth-order valence-corrected chi connectivity index (χ4v) is 5.81. The van der Waals surface area contributed by atoms with Crippen molar-refractivity contribution in [3.63, 3.8) is 0 Å². The Bertz CT molecular complexity index is 1190. The van der Waals surface area contributed by atoms with E-state index in [9.17, 15) is 9.90 Å². The summed E-state index contributed by atoms with van der Waals surface area (Å²) < 4.78 is 2.14. The number of aryl methyl sites for hydroxylation is 1. The Morgan fingerprint density at radius 3 is 2.74 bits per heavy atom. The molecule has 7 heteroatoms. The van der Waals surface area contributed by atoms with E-state index in [2.05, 4.69) is 41.3 Å². The molecule has 1 fully saturated rings. The second-order valence-corrected chi connectivity index (χ2v) is 9.56. The van der Waals surface area contributed by atoms with Crippen molar-refractivity contribution in [2.75, 3.05) is 6.54 Å². The Balaban J connectivity index is 1.62. The molecule has 2 aliphatic heterocycles. The Morgan fingerprint density at radius 1 is 1.16 bits per heavy atom. The molecule has 0 radical (unpaired) electrons. The van der Waals surface area contributed by atoms with Gasteiger partial charge in [-0.05, 0) is 55.8 Å². The average Bonchev–Trinajstić information content (AvgIpc) is 3.38. The number of aromatic carboxylic acids is 1. The van der Waals surface area contributed by atoms with Crippen LogP contribution in [0.2, 0.25) is 0 Å². The highest BCUT2D eigenvalue weighted by Gasteiger charge is 2.44. The molecule has 0 saturated carbocycles. The van der Waals surface area contributed by atoms with Crippen molar-refractivity contribution < 1.29 is 9.90 Å². The van der Waals surface area contributed by atoms with Crippen LogP contribution in [0.4, 0.5) is 0 Å². The first-order valence-electron chi connectivity index (χ1n) is 10.4. The SMILES string of the molecule is Cc1cc([C@@H]2[C@@H](c3ccccn3)N=C3S[C@@H](C)CN32)c(C)n1-c1cccc(C(=O)O)c1. The number of benzene rings is 1. The third kappa shape index (κ3) is 3.33. The molecule has 0 bridgehead atoms. The number of rotatable bonds is 4. The van der Waals surface area contributed by atoms with Crippen LogP contribution < -0.4 is 0 Å². The summed E-state index contributed by atoms with van der Waals surface area (Å²) in [6.07, 6.45) is 1.83. The van der Waals surface area contributed by atoms with Crippen molar-refractivity contribution in [2.45, 2.75) is 38.1 Å². The fraction of sp³-hybridized carbons (Fsp3) is 0.292. The first-order valence-corrected chi connectivity index (χ1v) is 11.3. The monoisotopic (exact) mass is 432 g/mol. The van der Waals surface area contributed by atoms with Crippen LogP contribution >= 0.6 is 11.8 Å². The molecule has 158 valence electrons. The summed E-state index contributed by atoms with van der Waals surface area (Å²) in [5.41, 5.74) is 5.51. The van der Waals surface area contributed by atoms with E-state index in [0.29, 0.717) is 5.25 Å². The van der Waals surface area contributed by atoms with Crippen LogP contribution in [0.15, 0.2) is 59.7 Å². The predicted molar refractivity (Wildman–Crippen MR) is 123 cm³/mol. The van der Waals surface area contributed by atoms with Crippen molar-refractivity contribution in [3.8, 4) is 5.69 Å². The quantitative estimate of drug-likeness (QED) is 0.643. The van der Waals surface area contributed by atoms with Gasteiger partial charge in [-0.25, -0.2) is 4.79 Å². The van der Waals surface area contributed by atoms with Gasteiger partial charge in [-0.15, -0.1) is 0 Å². The Hall–Kier alpha value is -3.06. The molecule has 31 heavy (non-hydrogen) atoms. The molecule has 3 aromatic rings. The molecular weight excluding hydrogens is 408 g/mol. The number of pyridine rings is 1. The molecule has 6 nitrogen and oxygen atoms in total. The van der Waals surface area contributed by atoms with Gasteiger partial charge in [0.25, 0.3) is 0 Å². The van der Waals surface area contributed by atoms with Crippen LogP contribution in [0.1, 0.15) is 52.0 Å². The average molecular weight is 433 g/mol. The summed E-state index contributed by atoms with van der Waals surface area (Å²) in [5.74, 6) is -0.920. The summed E-state index contributed by atoms with van der Waals surface area (Å²) in [7, 11) is 0. The Labute approximate surface area is 185 Å². The normalized spacial score (nSPS) is 22.5. The van der Waals surface area contributed by atoms with Gasteiger partial charge in [0, 0.05) is 35.1 Å². The molecule has 1 aromatic carbocycles. The van der Waals surface area contributed by atoms with E-state index < -0.39 is 5.97 Å². The van der Waals surface area contributed by atoms with E-state index in [0.717, 1.165) is 34.5 Å². The maximum Gasteiger partial charge on any atom is 0.335 e. The maximum absolute atomic E-state index is 11.5. The zero-order chi connectivity index (χ0) is 21.7. The van der Waals surface area contributed by atoms with Crippen molar-refractivity contribution in [1.82, 2.24) is 14.5 Å². The number of nitrogens with zero attached hydrogens (tertiary/aromatic N) is 4. The molecule has 1 saturated heterocycles. The van der Waals surface area contributed by atoms with Crippen molar-refractivity contribution in [3.05, 3.63) is 82.9 Å². The fourth-order valence-electron chi connectivity index (χ4n) is 4.72. The summed E-state index contributed by atoms with van der Waals surface area (Å²) >= 11 is 1.83. The predicted octanol–water partition coefficient (Wildman–Crippen LogP) is 4.78. The second-order valence-electron chi connectivity index (χ2n) is 8.15. The molecule has 0 amide bonds. The summed E-state index contributed by atoms with van der Waals surface area (Å²) in [4.78, 5) is 23.6. The van der Waals surface area contributed by atoms with Crippen LogP contribution in [-0.2, 0) is 0 Å². The van der Waals surface area contributed by atoms with Gasteiger partial charge in [-0.3, -0.25) is 9.98 Å². The lowest BCUT2D eigenvalue weighted by Gasteiger charge is -2.27. The topological polar surface area (TPSA) is 70.7 Å². The molecule has 2 aliphatic rings. The van der Waals surface area contributed by atoms with Gasteiger partial charge >= 0.3 is 5.97 Å². The number of aromatic nitrogens is 2. The number of fused-ring (bicyclic) bond motifs is 1. The zero-order valence-electron chi connectivity index (χ0n) is 17.7. The molecule has 5 rings (SSSR count). The van der Waals surface area contributed by atoms with E-state index in [1.54, 1.807) is 18.2 Å². The molecule has 0 unspecified atom stereocenters. The second kappa shape index (κ2) is 7.57. The van der Waals surface area contributed by atoms with Gasteiger partial charge in [0.05, 0.1) is 17.3 Å². The third-order valence-corrected chi connectivity index (χ3v) is 7.12. The smallest absolute Gasteiger partial charge is 0.335 e. The first-order chi connectivity index (χ1) is 14.9. The molecule has 0 spiro atoms. The first kappa shape index (κ1) is 19.9. The number of carbonyl (C=O) groups is 1. The minimum atomic E-state index is -0.920. The minimum Gasteiger partial charge on any atom is -0.478 e. The highest BCUT2D eigenvalue weighted by atomic mass is 32.2. The van der Waals surface area contributed by atoms with E-state index in [1.165, 1.54) is 5.56 Å². The maximum atomic E-state index is 11.5. The van der Waals surface area contributed by atoms with E-state index in [-0.39, 0.29) is 17.6 Å². The van der Waals surface area contributed by atoms with Crippen LogP contribution in [0.5, 0.6) is 0 Å². The number of hydrogen-bond acceptors (Lipinski definition) is 5. The lowest BCUT2D eigenvalue weighted by molar-refractivity contribution is 0.0697. The lowest BCUT2D eigenvalue weighted by atomic mass is 9.96. The lowest BCUT2D eigenvalue weighted by Crippen LogP contribution is -2.28. The number of thioether (sulfide) groups is 1. The summed E-state index contributed by atoms with van der Waals surface area (Å²) in [6, 6.07) is 15.3. The van der Waals surface area contributed by atoms with E-state index in [4.69, 9.17) is 4.99 Å². The Kier molecular flexibility index (Phi) is 4.85. The molecular formula is C24H24N4O2S. The van der Waals surface area contributed by atoms with Gasteiger partial charge in [-0.2, -0.15) is 0 Å². The van der Waals surface area contributed by atoms with Gasteiger partial charge in [-0.1, -0.05) is 30.8 Å². The van der Waals surface area contributed by atoms with Gasteiger partial charge < -0.3 is 14.6 Å². The zero-order valence-corrected chi connectivity index (χ0v) is 18.5. The molecule has 0 aliphatic carbocycles. The van der Waals surface area contributed by atoms with Gasteiger partial charge in [0.2, 0.25) is 0 Å². The largest absolute Gasteiger partial charge is 0.478 e. The van der Waals surface area contributed by atoms with E-state index >= 15 is 0 Å². The van der Waals surface area contributed by atoms with Crippen LogP contribution in [0.3, 0.4) is 0 Å². The third-order valence-electron chi connectivity index (χ3n) is 6.02. The number of amidine groups is 1. The van der Waals surface area contributed by atoms with Gasteiger partial charge in [0.15, 0.2) is 5.17 Å². The highest BCUT2D eigenvalue weighted by molar-refractivity contribution is 8.14. The van der Waals surface area contributed by atoms with Crippen LogP contribution in [0, 0.1) is 13.8 Å². The number of aliphatic imine (C=N–C) groups is 1. The standard InChI is InChI=1S/C24H24N4O2S/c1-14-11-19(16(3)28(14)18-8-6-7-17(12-18)23(29)30)22-21(20-9-4-5-10-25-20)26-24-27(22)13-15(2)31-24/h4-12,15,21-22H,13H2,1-3H3,(H,29,30)/t15-,21+,22+/m0/s1. The summed E-state index contributed by atoms with van der Waals surface area (Å²) in [5, 5.41) is 11.0. The van der Waals surface area contributed by atoms with Crippen molar-refractivity contribution >= 4 is 22.9 Å². The van der Waals surface area contributed by atoms with Gasteiger partial charge in [0.1, 0.15) is 6.04 Å². The van der Waals surface area contributed by atoms with Crippen LogP contribution in [-0.4, -0.2) is 42.5 Å². The highest BCUT2D eigenvalue weighted by Crippen LogP contribution is 2.48. The molecule has 4 heterocycles. The van der Waals surface area contributed by atoms with Crippen LogP contribution in [0.25, 0.3) is 5.69 Å². The molecule has 2 aromatic heterocycles. The van der Waals surface area contributed by atoms with Crippen molar-refractivity contribution in [2.24, 2.45) is 4.99 Å². The number of carboxylic acids is 1. The van der Waals surface area contributed by atoms with E-state index in [1.807, 2.05) is 42.2 Å². The number of hydrogen-bond donors (Lipinski definition) is 1. The Morgan fingerprint density at radius 2 is 2.00 bits per heavy atom. The minimum absolute atomic E-state index is 0.0597. The summed E-state index contributed by atoms with van der Waals surface area (Å²) in [6.45, 7) is 7.36. The number of carboxylic acid groups (broad SMARTS) is 1. The van der Waals surface area contributed by atoms with Crippen molar-refractivity contribution in [1.29, 1.82) is 0 Å².